The summed E-state index contributed by atoms with van der Waals surface area (Å²) in [6.45, 7) is 3.31. The van der Waals surface area contributed by atoms with Crippen LogP contribution >= 0.6 is 0 Å². The van der Waals surface area contributed by atoms with Crippen LogP contribution in [-0.2, 0) is 11.2 Å². The van der Waals surface area contributed by atoms with Crippen molar-refractivity contribution in [1.82, 2.24) is 10.7 Å². The number of carbonyl (C=O) groups is 1. The third kappa shape index (κ3) is 3.49. The van der Waals surface area contributed by atoms with E-state index in [9.17, 15) is 4.79 Å². The minimum atomic E-state index is -0.292. The Hall–Kier alpha value is -2.86. The van der Waals surface area contributed by atoms with Gasteiger partial charge in [-0.25, -0.2) is 5.43 Å². The normalized spacial score (nSPS) is 26.0. The van der Waals surface area contributed by atoms with Gasteiger partial charge in [-0.15, -0.1) is 0 Å². The van der Waals surface area contributed by atoms with E-state index in [2.05, 4.69) is 64.4 Å². The van der Waals surface area contributed by atoms with Gasteiger partial charge in [0.15, 0.2) is 5.84 Å². The summed E-state index contributed by atoms with van der Waals surface area (Å²) in [5.74, 6) is 1.99. The Morgan fingerprint density at radius 3 is 2.93 bits per heavy atom. The Morgan fingerprint density at radius 2 is 2.07 bits per heavy atom. The second-order valence-electron chi connectivity index (χ2n) is 8.13. The highest BCUT2D eigenvalue weighted by atomic mass is 16.5. The number of nitrogens with one attached hydrogen (secondary N) is 2. The average molecular weight is 390 g/mol. The number of carbonyl (C=O) groups excluding carboxylic acids is 1. The van der Waals surface area contributed by atoms with Gasteiger partial charge in [0.1, 0.15) is 18.4 Å². The second-order valence-corrected chi connectivity index (χ2v) is 8.13. The molecule has 0 unspecified atom stereocenters. The van der Waals surface area contributed by atoms with E-state index in [1.807, 2.05) is 11.8 Å². The van der Waals surface area contributed by atoms with Crippen molar-refractivity contribution in [3.63, 3.8) is 0 Å². The predicted octanol–water partition coefficient (Wildman–Crippen LogP) is 2.80. The van der Waals surface area contributed by atoms with Crippen molar-refractivity contribution in [2.45, 2.75) is 44.2 Å². The highest BCUT2D eigenvalue weighted by Crippen LogP contribution is 2.39. The van der Waals surface area contributed by atoms with Crippen LogP contribution in [0.2, 0.25) is 0 Å². The van der Waals surface area contributed by atoms with Crippen LogP contribution in [0.5, 0.6) is 5.75 Å². The van der Waals surface area contributed by atoms with Gasteiger partial charge in [0, 0.05) is 6.04 Å². The highest BCUT2D eigenvalue weighted by Gasteiger charge is 2.35. The molecule has 3 aliphatic heterocycles. The molecule has 1 saturated heterocycles. The van der Waals surface area contributed by atoms with Crippen molar-refractivity contribution >= 4 is 17.4 Å². The van der Waals surface area contributed by atoms with Crippen molar-refractivity contribution < 1.29 is 9.53 Å². The number of hydrogen-bond donors (Lipinski definition) is 2. The fourth-order valence-electron chi connectivity index (χ4n) is 4.66. The van der Waals surface area contributed by atoms with Gasteiger partial charge < -0.3 is 15.0 Å². The van der Waals surface area contributed by atoms with Gasteiger partial charge in [-0.1, -0.05) is 36.4 Å². The lowest BCUT2D eigenvalue weighted by Gasteiger charge is -2.39. The van der Waals surface area contributed by atoms with Gasteiger partial charge in [-0.05, 0) is 61.9 Å². The van der Waals surface area contributed by atoms with Gasteiger partial charge in [-0.2, -0.15) is 5.10 Å². The number of anilines is 1. The van der Waals surface area contributed by atoms with Crippen LogP contribution in [-0.4, -0.2) is 37.0 Å². The first-order chi connectivity index (χ1) is 14.2. The summed E-state index contributed by atoms with van der Waals surface area (Å²) >= 11 is 0. The first-order valence-corrected chi connectivity index (χ1v) is 10.4. The number of fused-ring (bicyclic) bond motifs is 3. The van der Waals surface area contributed by atoms with Gasteiger partial charge in [0.25, 0.3) is 5.91 Å². The predicted molar refractivity (Wildman–Crippen MR) is 113 cm³/mol. The van der Waals surface area contributed by atoms with Gasteiger partial charge in [0.2, 0.25) is 0 Å². The number of amidine groups is 1. The van der Waals surface area contributed by atoms with Gasteiger partial charge in [0.05, 0.1) is 5.69 Å². The van der Waals surface area contributed by atoms with Gasteiger partial charge in [-0.3, -0.25) is 4.79 Å². The lowest BCUT2D eigenvalue weighted by molar-refractivity contribution is -0.122. The molecule has 0 aliphatic carbocycles. The summed E-state index contributed by atoms with van der Waals surface area (Å²) < 4.78 is 5.88. The van der Waals surface area contributed by atoms with Gasteiger partial charge >= 0.3 is 0 Å². The molecule has 0 radical (unpaired) electrons. The van der Waals surface area contributed by atoms with E-state index in [-0.39, 0.29) is 11.9 Å². The molecule has 0 saturated carbocycles. The highest BCUT2D eigenvalue weighted by molar-refractivity contribution is 6.09. The molecule has 3 heterocycles. The van der Waals surface area contributed by atoms with Crippen LogP contribution in [0.1, 0.15) is 36.8 Å². The smallest absolute Gasteiger partial charge is 0.262 e. The monoisotopic (exact) mass is 390 g/mol. The Morgan fingerprint density at radius 1 is 1.21 bits per heavy atom. The molecule has 1 amide bonds. The molecule has 150 valence electrons. The maximum Gasteiger partial charge on any atom is 0.262 e. The standard InChI is InChI=1S/C23H26N4O2/c1-15-23(28)26-25-22-14-29-21-8-7-17(13-20(21)27(15)22)18-9-10-24-19(12-18)11-16-5-3-2-4-6-16/h2-8,13,15,18-19,24H,9-12,14H2,1H3,(H,26,28)/t15-,18+,19-/m1/s1. The van der Waals surface area contributed by atoms with Crippen molar-refractivity contribution in [1.29, 1.82) is 0 Å². The van der Waals surface area contributed by atoms with Crippen molar-refractivity contribution in [3.05, 3.63) is 59.7 Å². The number of hydrogen-bond acceptors (Lipinski definition) is 5. The summed E-state index contributed by atoms with van der Waals surface area (Å²) in [6, 6.07) is 17.3. The average Bonchev–Trinajstić information content (AvgIpc) is 2.76. The van der Waals surface area contributed by atoms with Crippen LogP contribution in [0.4, 0.5) is 5.69 Å². The molecule has 3 atom stereocenters. The Bertz CT molecular complexity index is 943. The van der Waals surface area contributed by atoms with Crippen molar-refractivity contribution in [3.8, 4) is 5.75 Å². The zero-order valence-corrected chi connectivity index (χ0v) is 16.6. The quantitative estimate of drug-likeness (QED) is 0.846. The Labute approximate surface area is 170 Å². The molecule has 6 nitrogen and oxygen atoms in total. The summed E-state index contributed by atoms with van der Waals surface area (Å²) in [5, 5.41) is 7.87. The van der Waals surface area contributed by atoms with E-state index in [0.29, 0.717) is 18.6 Å². The summed E-state index contributed by atoms with van der Waals surface area (Å²) in [4.78, 5) is 14.2. The molecular weight excluding hydrogens is 364 g/mol. The first-order valence-electron chi connectivity index (χ1n) is 10.4. The van der Waals surface area contributed by atoms with Crippen LogP contribution < -0.4 is 20.4 Å². The maximum atomic E-state index is 12.2. The minimum absolute atomic E-state index is 0.0863. The van der Waals surface area contributed by atoms with E-state index in [1.165, 1.54) is 11.1 Å². The van der Waals surface area contributed by atoms with E-state index in [1.54, 1.807) is 0 Å². The number of nitrogens with zero attached hydrogens (tertiary/aromatic N) is 2. The SMILES string of the molecule is C[C@@H]1C(=O)NN=C2COc3ccc([C@H]4CCN[C@H](Cc5ccccc5)C4)cc3N21. The zero-order valence-electron chi connectivity index (χ0n) is 16.6. The molecule has 6 heteroatoms. The summed E-state index contributed by atoms with van der Waals surface area (Å²) in [7, 11) is 0. The fraction of sp³-hybridized carbons (Fsp3) is 0.391. The van der Waals surface area contributed by atoms with E-state index in [4.69, 9.17) is 4.74 Å². The van der Waals surface area contributed by atoms with Crippen LogP contribution in [0.15, 0.2) is 53.6 Å². The van der Waals surface area contributed by atoms with E-state index < -0.39 is 0 Å². The number of rotatable bonds is 3. The van der Waals surface area contributed by atoms with Crippen molar-refractivity contribution in [2.75, 3.05) is 18.1 Å². The lowest BCUT2D eigenvalue weighted by atomic mass is 9.84. The number of piperidine rings is 1. The molecule has 2 aromatic rings. The topological polar surface area (TPSA) is 66.0 Å². The molecule has 0 bridgehead atoms. The second kappa shape index (κ2) is 7.52. The fourth-order valence-corrected chi connectivity index (χ4v) is 4.66. The zero-order chi connectivity index (χ0) is 19.8. The molecule has 2 aromatic carbocycles. The molecule has 5 rings (SSSR count). The summed E-state index contributed by atoms with van der Waals surface area (Å²) in [5.41, 5.74) is 6.22. The molecule has 2 N–H and O–H groups in total. The molecule has 1 fully saturated rings. The minimum Gasteiger partial charge on any atom is -0.483 e. The third-order valence-electron chi connectivity index (χ3n) is 6.23. The number of hydrazone groups is 1. The van der Waals surface area contributed by atoms with E-state index >= 15 is 0 Å². The molecular formula is C23H26N4O2. The number of amides is 1. The van der Waals surface area contributed by atoms with Crippen LogP contribution in [0.25, 0.3) is 0 Å². The Balaban J connectivity index is 1.39. The maximum absolute atomic E-state index is 12.2. The molecule has 29 heavy (non-hydrogen) atoms. The molecule has 0 aromatic heterocycles. The first kappa shape index (κ1) is 18.2. The molecule has 0 spiro atoms. The third-order valence-corrected chi connectivity index (χ3v) is 6.23. The van der Waals surface area contributed by atoms with Crippen molar-refractivity contribution in [2.24, 2.45) is 5.10 Å². The largest absolute Gasteiger partial charge is 0.483 e. The summed E-state index contributed by atoms with van der Waals surface area (Å²) in [6.07, 6.45) is 3.26. The van der Waals surface area contributed by atoms with Crippen LogP contribution in [0.3, 0.4) is 0 Å². The van der Waals surface area contributed by atoms with Crippen LogP contribution in [0, 0.1) is 0 Å². The molecule has 3 aliphatic rings. The van der Waals surface area contributed by atoms with E-state index in [0.717, 1.165) is 43.1 Å². The Kier molecular flexibility index (Phi) is 4.72. The number of benzene rings is 2. The lowest BCUT2D eigenvalue weighted by Crippen LogP contribution is -2.55. The number of ether oxygens (including phenoxy) is 1.